The zero-order valence-electron chi connectivity index (χ0n) is 11.6. The predicted octanol–water partition coefficient (Wildman–Crippen LogP) is 4.22. The van der Waals surface area contributed by atoms with E-state index < -0.39 is 18.4 Å². The molecule has 0 aliphatic heterocycles. The van der Waals surface area contributed by atoms with E-state index in [1.807, 2.05) is 13.8 Å². The summed E-state index contributed by atoms with van der Waals surface area (Å²) in [5.41, 5.74) is 0.509. The van der Waals surface area contributed by atoms with E-state index in [9.17, 15) is 17.6 Å². The first-order valence-electron chi connectivity index (χ1n) is 6.56. The molecule has 0 fully saturated rings. The summed E-state index contributed by atoms with van der Waals surface area (Å²) in [5.74, 6) is -0.177. The second kappa shape index (κ2) is 7.47. The van der Waals surface area contributed by atoms with E-state index in [1.54, 1.807) is 12.1 Å². The van der Waals surface area contributed by atoms with Crippen molar-refractivity contribution in [2.75, 3.05) is 13.2 Å². The lowest BCUT2D eigenvalue weighted by Crippen LogP contribution is -2.18. The molecule has 0 radical (unpaired) electrons. The van der Waals surface area contributed by atoms with Crippen LogP contribution in [0.1, 0.15) is 38.3 Å². The monoisotopic (exact) mass is 293 g/mol. The largest absolute Gasteiger partial charge is 0.493 e. The Labute approximate surface area is 116 Å². The van der Waals surface area contributed by atoms with Crippen LogP contribution in [0.2, 0.25) is 0 Å². The zero-order valence-corrected chi connectivity index (χ0v) is 11.6. The second-order valence-electron chi connectivity index (χ2n) is 4.53. The zero-order chi connectivity index (χ0) is 15.2. The van der Waals surface area contributed by atoms with Crippen LogP contribution in [0.25, 0.3) is 0 Å². The smallest absolute Gasteiger partial charge is 0.389 e. The molecular weight excluding hydrogens is 274 g/mol. The van der Waals surface area contributed by atoms with E-state index in [2.05, 4.69) is 5.32 Å². The molecule has 1 atom stereocenters. The molecule has 6 heteroatoms. The summed E-state index contributed by atoms with van der Waals surface area (Å²) in [6, 6.07) is 4.23. The Balaban J connectivity index is 2.51. The van der Waals surface area contributed by atoms with Crippen LogP contribution in [-0.2, 0) is 0 Å². The molecule has 0 bridgehead atoms. The van der Waals surface area contributed by atoms with Crippen LogP contribution in [0.15, 0.2) is 18.2 Å². The minimum absolute atomic E-state index is 0.0823. The highest BCUT2D eigenvalue weighted by Crippen LogP contribution is 2.24. The lowest BCUT2D eigenvalue weighted by atomic mass is 10.1. The molecule has 1 unspecified atom stereocenters. The van der Waals surface area contributed by atoms with Crippen molar-refractivity contribution >= 4 is 0 Å². The predicted molar refractivity (Wildman–Crippen MR) is 69.3 cm³/mol. The van der Waals surface area contributed by atoms with Gasteiger partial charge in [-0.15, -0.1) is 0 Å². The van der Waals surface area contributed by atoms with E-state index in [4.69, 9.17) is 4.74 Å². The minimum Gasteiger partial charge on any atom is -0.493 e. The van der Waals surface area contributed by atoms with Crippen molar-refractivity contribution < 1.29 is 22.3 Å². The van der Waals surface area contributed by atoms with Crippen molar-refractivity contribution in [3.8, 4) is 5.75 Å². The second-order valence-corrected chi connectivity index (χ2v) is 4.53. The first-order valence-corrected chi connectivity index (χ1v) is 6.56. The standard InChI is InChI=1S/C14H19F4NO/c1-3-19-10(2)12-6-5-11(9-13(12)15)20-8-4-7-14(16,17)18/h5-6,9-10,19H,3-4,7-8H2,1-2H3. The number of benzene rings is 1. The van der Waals surface area contributed by atoms with Gasteiger partial charge in [-0.1, -0.05) is 13.0 Å². The Morgan fingerprint density at radius 3 is 2.55 bits per heavy atom. The molecule has 1 aromatic rings. The topological polar surface area (TPSA) is 21.3 Å². The SMILES string of the molecule is CCNC(C)c1ccc(OCCCC(F)(F)F)cc1F. The Hall–Kier alpha value is -1.30. The fraction of sp³-hybridized carbons (Fsp3) is 0.571. The molecule has 0 heterocycles. The molecule has 1 rings (SSSR count). The van der Waals surface area contributed by atoms with Gasteiger partial charge < -0.3 is 10.1 Å². The van der Waals surface area contributed by atoms with Crippen LogP contribution in [0, 0.1) is 5.82 Å². The highest BCUT2D eigenvalue weighted by molar-refractivity contribution is 5.30. The van der Waals surface area contributed by atoms with E-state index in [1.165, 1.54) is 6.07 Å². The summed E-state index contributed by atoms with van der Waals surface area (Å²) in [6.07, 6.45) is -5.22. The molecule has 0 saturated heterocycles. The van der Waals surface area contributed by atoms with Gasteiger partial charge in [0.05, 0.1) is 6.61 Å². The third kappa shape index (κ3) is 5.77. The van der Waals surface area contributed by atoms with Crippen molar-refractivity contribution in [3.63, 3.8) is 0 Å². The van der Waals surface area contributed by atoms with E-state index in [0.29, 0.717) is 5.56 Å². The third-order valence-electron chi connectivity index (χ3n) is 2.82. The Morgan fingerprint density at radius 1 is 1.30 bits per heavy atom. The van der Waals surface area contributed by atoms with Crippen LogP contribution in [0.3, 0.4) is 0 Å². The van der Waals surface area contributed by atoms with Crippen LogP contribution in [0.4, 0.5) is 17.6 Å². The lowest BCUT2D eigenvalue weighted by Gasteiger charge is -2.15. The summed E-state index contributed by atoms with van der Waals surface area (Å²) in [6.45, 7) is 4.40. The van der Waals surface area contributed by atoms with E-state index in [-0.39, 0.29) is 24.8 Å². The number of hydrogen-bond acceptors (Lipinski definition) is 2. The van der Waals surface area contributed by atoms with Crippen LogP contribution in [0.5, 0.6) is 5.75 Å². The molecule has 0 amide bonds. The van der Waals surface area contributed by atoms with Gasteiger partial charge in [-0.05, 0) is 26.0 Å². The van der Waals surface area contributed by atoms with Gasteiger partial charge in [-0.3, -0.25) is 0 Å². The summed E-state index contributed by atoms with van der Waals surface area (Å²) in [7, 11) is 0. The van der Waals surface area contributed by atoms with Gasteiger partial charge in [0.15, 0.2) is 0 Å². The molecule has 1 N–H and O–H groups in total. The molecular formula is C14H19F4NO. The van der Waals surface area contributed by atoms with Crippen LogP contribution in [-0.4, -0.2) is 19.3 Å². The molecule has 20 heavy (non-hydrogen) atoms. The first-order chi connectivity index (χ1) is 9.33. The van der Waals surface area contributed by atoms with Gasteiger partial charge in [0.25, 0.3) is 0 Å². The van der Waals surface area contributed by atoms with E-state index in [0.717, 1.165) is 6.54 Å². The van der Waals surface area contributed by atoms with Gasteiger partial charge in [-0.25, -0.2) is 4.39 Å². The molecule has 114 valence electrons. The average Bonchev–Trinajstić information content (AvgIpc) is 2.34. The normalized spacial score (nSPS) is 13.3. The molecule has 0 spiro atoms. The van der Waals surface area contributed by atoms with Gasteiger partial charge in [0.2, 0.25) is 0 Å². The molecule has 1 aromatic carbocycles. The third-order valence-corrected chi connectivity index (χ3v) is 2.82. The molecule has 0 aromatic heterocycles. The van der Waals surface area contributed by atoms with Crippen LogP contribution >= 0.6 is 0 Å². The quantitative estimate of drug-likeness (QED) is 0.600. The number of rotatable bonds is 7. The summed E-state index contributed by atoms with van der Waals surface area (Å²) < 4.78 is 54.8. The van der Waals surface area contributed by atoms with Crippen LogP contribution < -0.4 is 10.1 Å². The molecule has 2 nitrogen and oxygen atoms in total. The average molecular weight is 293 g/mol. The number of hydrogen-bond donors (Lipinski definition) is 1. The number of halogens is 4. The van der Waals surface area contributed by atoms with Crippen molar-refractivity contribution in [2.24, 2.45) is 0 Å². The van der Waals surface area contributed by atoms with Crippen molar-refractivity contribution in [3.05, 3.63) is 29.6 Å². The number of nitrogens with one attached hydrogen (secondary N) is 1. The highest BCUT2D eigenvalue weighted by Gasteiger charge is 2.26. The highest BCUT2D eigenvalue weighted by atomic mass is 19.4. The summed E-state index contributed by atoms with van der Waals surface area (Å²) in [4.78, 5) is 0. The number of ether oxygens (including phenoxy) is 1. The maximum absolute atomic E-state index is 13.8. The Bertz CT molecular complexity index is 420. The first kappa shape index (κ1) is 16.8. The van der Waals surface area contributed by atoms with Gasteiger partial charge in [0, 0.05) is 24.1 Å². The van der Waals surface area contributed by atoms with Crippen molar-refractivity contribution in [1.82, 2.24) is 5.32 Å². The molecule has 0 aliphatic carbocycles. The van der Waals surface area contributed by atoms with Crippen molar-refractivity contribution in [1.29, 1.82) is 0 Å². The van der Waals surface area contributed by atoms with E-state index >= 15 is 0 Å². The summed E-state index contributed by atoms with van der Waals surface area (Å²) in [5, 5.41) is 3.09. The molecule has 0 aliphatic rings. The maximum atomic E-state index is 13.8. The fourth-order valence-electron chi connectivity index (χ4n) is 1.83. The summed E-state index contributed by atoms with van der Waals surface area (Å²) >= 11 is 0. The minimum atomic E-state index is -4.18. The molecule has 0 saturated carbocycles. The maximum Gasteiger partial charge on any atom is 0.389 e. The van der Waals surface area contributed by atoms with Gasteiger partial charge >= 0.3 is 6.18 Å². The van der Waals surface area contributed by atoms with Gasteiger partial charge in [0.1, 0.15) is 11.6 Å². The fourth-order valence-corrected chi connectivity index (χ4v) is 1.83. The number of alkyl halides is 3. The van der Waals surface area contributed by atoms with Gasteiger partial charge in [-0.2, -0.15) is 13.2 Å². The lowest BCUT2D eigenvalue weighted by molar-refractivity contribution is -0.136. The van der Waals surface area contributed by atoms with Crippen molar-refractivity contribution in [2.45, 2.75) is 38.9 Å². The Morgan fingerprint density at radius 2 is 2.00 bits per heavy atom. The Kier molecular flexibility index (Phi) is 6.26.